The van der Waals surface area contributed by atoms with Crippen LogP contribution in [0.15, 0.2) is 0 Å². The molecule has 6 nitrogen and oxygen atoms in total. The number of thioether (sulfide) groups is 1. The summed E-state index contributed by atoms with van der Waals surface area (Å²) in [7, 11) is 1.23. The minimum Gasteiger partial charge on any atom is -0.467 e. The van der Waals surface area contributed by atoms with Gasteiger partial charge in [0, 0.05) is 18.4 Å². The van der Waals surface area contributed by atoms with Crippen molar-refractivity contribution in [3.05, 3.63) is 0 Å². The summed E-state index contributed by atoms with van der Waals surface area (Å²) >= 11 is 1.19. The average Bonchev–Trinajstić information content (AvgIpc) is 2.25. The zero-order valence-electron chi connectivity index (χ0n) is 9.10. The topological polar surface area (TPSA) is 99.4 Å². The quantitative estimate of drug-likeness (QED) is 0.474. The summed E-state index contributed by atoms with van der Waals surface area (Å²) < 4.78 is 4.50. The Labute approximate surface area is 98.0 Å². The van der Waals surface area contributed by atoms with E-state index in [0.29, 0.717) is 0 Å². The Kier molecular flexibility index (Phi) is 7.33. The van der Waals surface area contributed by atoms with E-state index in [4.69, 9.17) is 10.4 Å². The van der Waals surface area contributed by atoms with Gasteiger partial charge in [-0.15, -0.1) is 0 Å². The minimum atomic E-state index is -1.07. The van der Waals surface area contributed by atoms with Crippen molar-refractivity contribution >= 4 is 23.6 Å². The Balaban J connectivity index is 4.08. The predicted octanol–water partition coefficient (Wildman–Crippen LogP) is -0.718. The molecule has 0 aromatic rings. The van der Waals surface area contributed by atoms with E-state index in [9.17, 15) is 9.59 Å². The molecule has 0 saturated heterocycles. The number of carbonyl (C=O) groups excluding carboxylic acids is 2. The highest BCUT2D eigenvalue weighted by Gasteiger charge is 2.20. The Morgan fingerprint density at radius 3 is 2.62 bits per heavy atom. The lowest BCUT2D eigenvalue weighted by atomic mass is 10.3. The molecule has 0 heterocycles. The van der Waals surface area contributed by atoms with Gasteiger partial charge < -0.3 is 15.2 Å². The van der Waals surface area contributed by atoms with Crippen molar-refractivity contribution in [2.24, 2.45) is 0 Å². The molecule has 0 spiro atoms. The van der Waals surface area contributed by atoms with E-state index in [-0.39, 0.29) is 17.4 Å². The van der Waals surface area contributed by atoms with Crippen LogP contribution in [0.25, 0.3) is 0 Å². The second-order valence-corrected chi connectivity index (χ2v) is 4.03. The van der Waals surface area contributed by atoms with Crippen LogP contribution in [0.1, 0.15) is 6.92 Å². The zero-order valence-corrected chi connectivity index (χ0v) is 9.91. The van der Waals surface area contributed by atoms with Crippen LogP contribution in [0.4, 0.5) is 0 Å². The van der Waals surface area contributed by atoms with Crippen LogP contribution in [0, 0.1) is 11.3 Å². The van der Waals surface area contributed by atoms with Crippen molar-refractivity contribution in [3.8, 4) is 6.07 Å². The van der Waals surface area contributed by atoms with E-state index in [2.05, 4.69) is 10.1 Å². The number of hydrogen-bond donors (Lipinski definition) is 2. The maximum Gasteiger partial charge on any atom is 0.329 e. The van der Waals surface area contributed by atoms with Gasteiger partial charge in [0.05, 0.1) is 13.2 Å². The number of amides is 1. The van der Waals surface area contributed by atoms with Gasteiger partial charge in [-0.2, -0.15) is 17.0 Å². The number of carbonyl (C=O) groups is 2. The summed E-state index contributed by atoms with van der Waals surface area (Å²) in [5.74, 6) is -0.444. The highest BCUT2D eigenvalue weighted by molar-refractivity contribution is 7.99. The van der Waals surface area contributed by atoms with Crippen LogP contribution >= 0.6 is 11.8 Å². The number of aliphatic hydroxyl groups is 1. The first kappa shape index (κ1) is 14.7. The highest BCUT2D eigenvalue weighted by Crippen LogP contribution is 2.06. The average molecular weight is 246 g/mol. The Hall–Kier alpha value is -1.26. The first-order chi connectivity index (χ1) is 7.51. The number of ether oxygens (including phenoxy) is 1. The molecule has 0 aromatic heterocycles. The molecule has 1 unspecified atom stereocenters. The number of nitrogens with zero attached hydrogens (tertiary/aromatic N) is 1. The van der Waals surface area contributed by atoms with Crippen molar-refractivity contribution in [3.63, 3.8) is 0 Å². The lowest BCUT2D eigenvalue weighted by Crippen LogP contribution is -2.42. The maximum atomic E-state index is 11.2. The number of methoxy groups -OCH3 is 1. The smallest absolute Gasteiger partial charge is 0.329 e. The van der Waals surface area contributed by atoms with Crippen LogP contribution in [0.2, 0.25) is 0 Å². The monoisotopic (exact) mass is 246 g/mol. The van der Waals surface area contributed by atoms with E-state index < -0.39 is 18.1 Å². The van der Waals surface area contributed by atoms with Crippen LogP contribution in [0.3, 0.4) is 0 Å². The molecule has 0 rings (SSSR count). The van der Waals surface area contributed by atoms with Gasteiger partial charge in [0.2, 0.25) is 5.91 Å². The number of aliphatic hydroxyl groups excluding tert-OH is 1. The van der Waals surface area contributed by atoms with Crippen LogP contribution in [-0.4, -0.2) is 47.7 Å². The van der Waals surface area contributed by atoms with Gasteiger partial charge >= 0.3 is 5.97 Å². The van der Waals surface area contributed by atoms with Gasteiger partial charge in [-0.05, 0) is 0 Å². The summed E-state index contributed by atoms with van der Waals surface area (Å²) in [6.07, 6.45) is -1.07. The molecule has 0 aliphatic carbocycles. The fraction of sp³-hybridized carbons (Fsp3) is 0.667. The lowest BCUT2D eigenvalue weighted by Gasteiger charge is -2.14. The summed E-state index contributed by atoms with van der Waals surface area (Å²) in [6, 6.07) is 0.902. The van der Waals surface area contributed by atoms with Crippen LogP contribution in [-0.2, 0) is 14.3 Å². The molecule has 90 valence electrons. The second-order valence-electron chi connectivity index (χ2n) is 2.96. The molecule has 0 fully saturated rings. The standard InChI is InChI=1S/C9H14N2O4S/c1-6(12)11-8(9(14)15-2)5-16-4-7(13)3-10/h7-8,13H,4-5H2,1-2H3,(H,11,12)/t7?,8-/m0/s1. The SMILES string of the molecule is COC(=O)[C@H](CSCC(O)C#N)NC(C)=O. The summed E-state index contributed by atoms with van der Waals surface area (Å²) in [5, 5.41) is 19.7. The second kappa shape index (κ2) is 7.96. The Morgan fingerprint density at radius 2 is 2.19 bits per heavy atom. The number of nitrogens with one attached hydrogen (secondary N) is 1. The minimum absolute atomic E-state index is 0.184. The number of nitriles is 1. The number of rotatable bonds is 6. The van der Waals surface area contributed by atoms with Crippen molar-refractivity contribution in [1.29, 1.82) is 5.26 Å². The first-order valence-electron chi connectivity index (χ1n) is 4.51. The molecule has 2 N–H and O–H groups in total. The normalized spacial score (nSPS) is 13.4. The molecular formula is C9H14N2O4S. The van der Waals surface area contributed by atoms with Gasteiger partial charge in [0.25, 0.3) is 0 Å². The molecular weight excluding hydrogens is 232 g/mol. The molecule has 0 radical (unpaired) electrons. The Bertz CT molecular complexity index is 290. The van der Waals surface area contributed by atoms with Gasteiger partial charge in [0.15, 0.2) is 0 Å². The molecule has 1 amide bonds. The van der Waals surface area contributed by atoms with Gasteiger partial charge in [-0.1, -0.05) is 0 Å². The molecule has 0 aromatic carbocycles. The summed E-state index contributed by atoms with van der Waals surface area (Å²) in [6.45, 7) is 1.30. The van der Waals surface area contributed by atoms with Crippen LogP contribution in [0.5, 0.6) is 0 Å². The molecule has 0 aliphatic heterocycles. The van der Waals surface area contributed by atoms with E-state index in [1.54, 1.807) is 6.07 Å². The molecule has 0 bridgehead atoms. The molecule has 7 heteroatoms. The lowest BCUT2D eigenvalue weighted by molar-refractivity contribution is -0.144. The van der Waals surface area contributed by atoms with E-state index in [1.165, 1.54) is 25.8 Å². The molecule has 0 aliphatic rings. The highest BCUT2D eigenvalue weighted by atomic mass is 32.2. The summed E-state index contributed by atoms with van der Waals surface area (Å²) in [4.78, 5) is 22.0. The number of hydrogen-bond acceptors (Lipinski definition) is 6. The fourth-order valence-electron chi connectivity index (χ4n) is 0.891. The van der Waals surface area contributed by atoms with Crippen molar-refractivity contribution in [2.45, 2.75) is 19.1 Å². The predicted molar refractivity (Wildman–Crippen MR) is 58.6 cm³/mol. The Morgan fingerprint density at radius 1 is 1.56 bits per heavy atom. The van der Waals surface area contributed by atoms with E-state index in [0.717, 1.165) is 0 Å². The molecule has 0 saturated carbocycles. The fourth-order valence-corrected chi connectivity index (χ4v) is 1.78. The van der Waals surface area contributed by atoms with Crippen LogP contribution < -0.4 is 5.32 Å². The molecule has 16 heavy (non-hydrogen) atoms. The first-order valence-corrected chi connectivity index (χ1v) is 5.67. The maximum absolute atomic E-state index is 11.2. The van der Waals surface area contributed by atoms with Crippen molar-refractivity contribution < 1.29 is 19.4 Å². The third-order valence-corrected chi connectivity index (χ3v) is 2.69. The van der Waals surface area contributed by atoms with Crippen molar-refractivity contribution in [2.75, 3.05) is 18.6 Å². The van der Waals surface area contributed by atoms with Gasteiger partial charge in [-0.25, -0.2) is 4.79 Å². The molecule has 2 atom stereocenters. The van der Waals surface area contributed by atoms with Gasteiger partial charge in [0.1, 0.15) is 12.1 Å². The third kappa shape index (κ3) is 6.27. The third-order valence-electron chi connectivity index (χ3n) is 1.57. The van der Waals surface area contributed by atoms with E-state index >= 15 is 0 Å². The number of esters is 1. The van der Waals surface area contributed by atoms with Gasteiger partial charge in [-0.3, -0.25) is 4.79 Å². The van der Waals surface area contributed by atoms with Crippen molar-refractivity contribution in [1.82, 2.24) is 5.32 Å². The largest absolute Gasteiger partial charge is 0.467 e. The van der Waals surface area contributed by atoms with E-state index in [1.807, 2.05) is 0 Å². The zero-order chi connectivity index (χ0) is 12.6. The summed E-state index contributed by atoms with van der Waals surface area (Å²) in [5.41, 5.74) is 0.